The van der Waals surface area contributed by atoms with Crippen LogP contribution in [-0.4, -0.2) is 11.1 Å². The molecule has 1 aromatic carbocycles. The Balaban J connectivity index is 2.75. The van der Waals surface area contributed by atoms with E-state index in [9.17, 15) is 9.46 Å². The SMILES string of the molecule is CC(C)CP(=O)(O)Cc1cccc(OS)c1. The number of hydrogen-bond acceptors (Lipinski definition) is 3. The van der Waals surface area contributed by atoms with Crippen LogP contribution < -0.4 is 4.18 Å². The molecule has 0 saturated carbocycles. The molecular weight excluding hydrogens is 243 g/mol. The highest BCUT2D eigenvalue weighted by Gasteiger charge is 2.20. The van der Waals surface area contributed by atoms with Crippen LogP contribution in [0.25, 0.3) is 0 Å². The van der Waals surface area contributed by atoms with Gasteiger partial charge in [-0.3, -0.25) is 4.57 Å². The molecule has 3 nitrogen and oxygen atoms in total. The van der Waals surface area contributed by atoms with Gasteiger partial charge in [0.1, 0.15) is 5.75 Å². The number of thiol groups is 1. The molecule has 1 rings (SSSR count). The molecule has 1 atom stereocenters. The third-order valence-electron chi connectivity index (χ3n) is 2.08. The first-order chi connectivity index (χ1) is 7.43. The maximum Gasteiger partial charge on any atom is 0.205 e. The van der Waals surface area contributed by atoms with Crippen molar-refractivity contribution >= 4 is 20.3 Å². The van der Waals surface area contributed by atoms with Crippen LogP contribution in [0.3, 0.4) is 0 Å². The predicted molar refractivity (Wildman–Crippen MR) is 69.3 cm³/mol. The van der Waals surface area contributed by atoms with E-state index in [0.29, 0.717) is 11.9 Å². The summed E-state index contributed by atoms with van der Waals surface area (Å²) in [7, 11) is -3.08. The first kappa shape index (κ1) is 13.6. The third-order valence-corrected chi connectivity index (χ3v) is 4.45. The van der Waals surface area contributed by atoms with E-state index in [1.54, 1.807) is 18.2 Å². The molecule has 5 heteroatoms. The summed E-state index contributed by atoms with van der Waals surface area (Å²) in [5.41, 5.74) is 0.804. The van der Waals surface area contributed by atoms with Gasteiger partial charge in [0.05, 0.1) is 0 Å². The van der Waals surface area contributed by atoms with E-state index in [1.165, 1.54) is 0 Å². The Kier molecular flexibility index (Phi) is 4.90. The van der Waals surface area contributed by atoms with Gasteiger partial charge in [-0.15, -0.1) is 0 Å². The second kappa shape index (κ2) is 5.76. The Morgan fingerprint density at radius 1 is 1.50 bits per heavy atom. The summed E-state index contributed by atoms with van der Waals surface area (Å²) in [6.45, 7) is 3.88. The third kappa shape index (κ3) is 4.60. The standard InChI is InChI=1S/C11H17O3PS/c1-9(2)7-15(12,13)8-10-4-3-5-11(6-10)14-16/h3-6,9,16H,7-8H2,1-2H3,(H,12,13). The molecule has 16 heavy (non-hydrogen) atoms. The molecule has 0 saturated heterocycles. The maximum absolute atomic E-state index is 11.9. The molecule has 0 radical (unpaired) electrons. The lowest BCUT2D eigenvalue weighted by Gasteiger charge is -2.14. The van der Waals surface area contributed by atoms with Crippen LogP contribution in [0.5, 0.6) is 5.75 Å². The summed E-state index contributed by atoms with van der Waals surface area (Å²) in [4.78, 5) is 9.80. The van der Waals surface area contributed by atoms with Gasteiger partial charge in [-0.05, 0) is 23.6 Å². The maximum atomic E-state index is 11.9. The smallest absolute Gasteiger partial charge is 0.205 e. The van der Waals surface area contributed by atoms with Crippen molar-refractivity contribution in [2.75, 3.05) is 6.16 Å². The molecular formula is C11H17O3PS. The van der Waals surface area contributed by atoms with E-state index in [0.717, 1.165) is 5.56 Å². The fourth-order valence-corrected chi connectivity index (χ4v) is 3.77. The second-order valence-electron chi connectivity index (χ2n) is 4.32. The molecule has 0 fully saturated rings. The number of benzene rings is 1. The zero-order chi connectivity index (χ0) is 12.2. The molecule has 0 aromatic heterocycles. The molecule has 1 N–H and O–H groups in total. The number of hydrogen-bond donors (Lipinski definition) is 2. The molecule has 0 spiro atoms. The van der Waals surface area contributed by atoms with Crippen molar-refractivity contribution in [1.29, 1.82) is 0 Å². The van der Waals surface area contributed by atoms with E-state index >= 15 is 0 Å². The van der Waals surface area contributed by atoms with Crippen LogP contribution in [0.15, 0.2) is 24.3 Å². The fourth-order valence-electron chi connectivity index (χ4n) is 1.62. The Morgan fingerprint density at radius 3 is 2.75 bits per heavy atom. The van der Waals surface area contributed by atoms with Gasteiger partial charge in [0.2, 0.25) is 7.37 Å². The van der Waals surface area contributed by atoms with Crippen molar-refractivity contribution in [2.45, 2.75) is 20.0 Å². The van der Waals surface area contributed by atoms with Crippen molar-refractivity contribution in [3.05, 3.63) is 29.8 Å². The average molecular weight is 260 g/mol. The summed E-state index contributed by atoms with van der Waals surface area (Å²) in [5, 5.41) is 0. The second-order valence-corrected chi connectivity index (χ2v) is 6.88. The van der Waals surface area contributed by atoms with E-state index in [-0.39, 0.29) is 12.1 Å². The van der Waals surface area contributed by atoms with Crippen LogP contribution in [0.2, 0.25) is 0 Å². The van der Waals surface area contributed by atoms with Crippen molar-refractivity contribution in [3.63, 3.8) is 0 Å². The molecule has 0 amide bonds. The highest BCUT2D eigenvalue weighted by molar-refractivity contribution is 7.75. The lowest BCUT2D eigenvalue weighted by Crippen LogP contribution is -2.00. The normalized spacial score (nSPS) is 14.8. The zero-order valence-electron chi connectivity index (χ0n) is 9.46. The molecule has 0 aliphatic carbocycles. The first-order valence-electron chi connectivity index (χ1n) is 5.14. The van der Waals surface area contributed by atoms with Crippen LogP contribution in [0.4, 0.5) is 0 Å². The first-order valence-corrected chi connectivity index (χ1v) is 7.53. The topological polar surface area (TPSA) is 46.5 Å². The van der Waals surface area contributed by atoms with E-state index in [2.05, 4.69) is 12.9 Å². The highest BCUT2D eigenvalue weighted by atomic mass is 32.1. The Hall–Kier alpha value is -0.440. The zero-order valence-corrected chi connectivity index (χ0v) is 11.2. The Labute approximate surface area is 102 Å². The summed E-state index contributed by atoms with van der Waals surface area (Å²) < 4.78 is 16.7. The Bertz CT molecular complexity index is 393. The summed E-state index contributed by atoms with van der Waals surface area (Å²) in [5.74, 6) is 0.811. The summed E-state index contributed by atoms with van der Waals surface area (Å²) in [6, 6.07) is 7.09. The van der Waals surface area contributed by atoms with Gasteiger partial charge >= 0.3 is 0 Å². The minimum atomic E-state index is -3.08. The Morgan fingerprint density at radius 2 is 2.19 bits per heavy atom. The van der Waals surface area contributed by atoms with Gasteiger partial charge in [-0.25, -0.2) is 0 Å². The minimum absolute atomic E-state index is 0.191. The lowest BCUT2D eigenvalue weighted by molar-refractivity contribution is 0.467. The quantitative estimate of drug-likeness (QED) is 0.485. The van der Waals surface area contributed by atoms with Crippen molar-refractivity contribution in [2.24, 2.45) is 5.92 Å². The van der Waals surface area contributed by atoms with Crippen molar-refractivity contribution in [3.8, 4) is 5.75 Å². The van der Waals surface area contributed by atoms with E-state index < -0.39 is 7.37 Å². The van der Waals surface area contributed by atoms with Gasteiger partial charge in [0.25, 0.3) is 0 Å². The van der Waals surface area contributed by atoms with Gasteiger partial charge < -0.3 is 9.08 Å². The molecule has 1 unspecified atom stereocenters. The van der Waals surface area contributed by atoms with Gasteiger partial charge in [0, 0.05) is 25.2 Å². The van der Waals surface area contributed by atoms with Crippen molar-refractivity contribution in [1.82, 2.24) is 0 Å². The number of rotatable bonds is 5. The van der Waals surface area contributed by atoms with Crippen LogP contribution in [-0.2, 0) is 10.7 Å². The van der Waals surface area contributed by atoms with E-state index in [4.69, 9.17) is 4.18 Å². The minimum Gasteiger partial charge on any atom is -0.429 e. The molecule has 90 valence electrons. The van der Waals surface area contributed by atoms with Gasteiger partial charge in [-0.2, -0.15) is 0 Å². The van der Waals surface area contributed by atoms with Crippen molar-refractivity contribution < 1.29 is 13.6 Å². The molecule has 0 heterocycles. The lowest BCUT2D eigenvalue weighted by atomic mass is 10.2. The van der Waals surface area contributed by atoms with Gasteiger partial charge in [0.15, 0.2) is 0 Å². The average Bonchev–Trinajstić information content (AvgIpc) is 2.15. The van der Waals surface area contributed by atoms with Crippen LogP contribution >= 0.6 is 20.3 Å². The summed E-state index contributed by atoms with van der Waals surface area (Å²) in [6.07, 6.45) is 0.537. The molecule has 0 aliphatic heterocycles. The predicted octanol–water partition coefficient (Wildman–Crippen LogP) is 3.34. The van der Waals surface area contributed by atoms with Crippen LogP contribution in [0, 0.1) is 5.92 Å². The summed E-state index contributed by atoms with van der Waals surface area (Å²) >= 11 is 3.69. The van der Waals surface area contributed by atoms with Crippen LogP contribution in [0.1, 0.15) is 19.4 Å². The van der Waals surface area contributed by atoms with Gasteiger partial charge in [-0.1, -0.05) is 26.0 Å². The fraction of sp³-hybridized carbons (Fsp3) is 0.455. The largest absolute Gasteiger partial charge is 0.429 e. The molecule has 0 aliphatic rings. The molecule has 0 bridgehead atoms. The molecule has 1 aromatic rings. The van der Waals surface area contributed by atoms with E-state index in [1.807, 2.05) is 19.9 Å². The monoisotopic (exact) mass is 260 g/mol. The highest BCUT2D eigenvalue weighted by Crippen LogP contribution is 2.46.